The van der Waals surface area contributed by atoms with Crippen LogP contribution in [0.4, 0.5) is 0 Å². The average Bonchev–Trinajstić information content (AvgIpc) is 3.13. The van der Waals surface area contributed by atoms with Crippen LogP contribution in [0.2, 0.25) is 0 Å². The number of benzene rings is 4. The van der Waals surface area contributed by atoms with Crippen molar-refractivity contribution in [1.82, 2.24) is 0 Å². The molecule has 3 atom stereocenters. The van der Waals surface area contributed by atoms with Crippen molar-refractivity contribution in [3.05, 3.63) is 90.5 Å². The molecule has 0 bridgehead atoms. The minimum atomic E-state index is -4.65. The van der Waals surface area contributed by atoms with Crippen molar-refractivity contribution in [1.29, 1.82) is 0 Å². The molecule has 7 rings (SSSR count). The molecule has 1 N–H and O–H groups in total. The molecule has 0 radical (unpaired) electrons. The van der Waals surface area contributed by atoms with Gasteiger partial charge in [-0.25, -0.2) is 0 Å². The normalized spacial score (nSPS) is 21.6. The van der Waals surface area contributed by atoms with E-state index in [4.69, 9.17) is 23.7 Å². The minimum Gasteiger partial charge on any atom is -0.465 e. The second kappa shape index (κ2) is 15.4. The Hall–Kier alpha value is -3.73. The van der Waals surface area contributed by atoms with E-state index in [-0.39, 0.29) is 23.6 Å². The molecule has 3 fully saturated rings. The van der Waals surface area contributed by atoms with Crippen LogP contribution in [0, 0.1) is 0 Å². The summed E-state index contributed by atoms with van der Waals surface area (Å²) in [6.45, 7) is 2.16. The summed E-state index contributed by atoms with van der Waals surface area (Å²) in [4.78, 5) is -0.140. The van der Waals surface area contributed by atoms with Gasteiger partial charge in [0.2, 0.25) is 0 Å². The molecule has 4 aromatic rings. The van der Waals surface area contributed by atoms with Gasteiger partial charge in [-0.3, -0.25) is 4.55 Å². The third kappa shape index (κ3) is 8.53. The predicted octanol–water partition coefficient (Wildman–Crippen LogP) is 8.86. The number of rotatable bonds is 10. The molecule has 0 aliphatic carbocycles. The lowest BCUT2D eigenvalue weighted by atomic mass is 9.92. The molecule has 3 aliphatic heterocycles. The summed E-state index contributed by atoms with van der Waals surface area (Å²) in [5, 5.41) is 0. The zero-order valence-corrected chi connectivity index (χ0v) is 28.5. The molecule has 3 unspecified atom stereocenters. The van der Waals surface area contributed by atoms with Gasteiger partial charge < -0.3 is 23.7 Å². The Kier molecular flexibility index (Phi) is 10.6. The van der Waals surface area contributed by atoms with Crippen LogP contribution in [-0.2, 0) is 30.7 Å². The van der Waals surface area contributed by atoms with Crippen molar-refractivity contribution in [3.8, 4) is 44.9 Å². The molecule has 9 heteroatoms. The summed E-state index contributed by atoms with van der Waals surface area (Å²) in [6.07, 6.45) is 9.62. The van der Waals surface area contributed by atoms with Crippen LogP contribution in [0.5, 0.6) is 11.5 Å². The Bertz CT molecular complexity index is 1700. The fourth-order valence-corrected chi connectivity index (χ4v) is 7.81. The van der Waals surface area contributed by atoms with Crippen LogP contribution in [-0.4, -0.2) is 51.5 Å². The summed E-state index contributed by atoms with van der Waals surface area (Å²) in [6, 6.07) is 26.6. The second-order valence-corrected chi connectivity index (χ2v) is 14.5. The lowest BCUT2D eigenvalue weighted by Crippen LogP contribution is -2.24. The van der Waals surface area contributed by atoms with Crippen molar-refractivity contribution in [2.24, 2.45) is 0 Å². The first-order valence-electron chi connectivity index (χ1n) is 17.5. The van der Waals surface area contributed by atoms with Gasteiger partial charge in [-0.1, -0.05) is 48.5 Å². The summed E-state index contributed by atoms with van der Waals surface area (Å²) >= 11 is 0. The van der Waals surface area contributed by atoms with E-state index in [9.17, 15) is 13.0 Å². The van der Waals surface area contributed by atoms with Gasteiger partial charge >= 0.3 is 0 Å². The lowest BCUT2D eigenvalue weighted by Gasteiger charge is -2.23. The van der Waals surface area contributed by atoms with E-state index < -0.39 is 10.1 Å². The molecule has 0 saturated carbocycles. The fraction of sp³-hybridized carbons (Fsp3) is 0.400. The third-order valence-electron chi connectivity index (χ3n) is 9.51. The topological polar surface area (TPSA) is 101 Å². The summed E-state index contributed by atoms with van der Waals surface area (Å²) in [7, 11) is -4.65. The smallest absolute Gasteiger partial charge is 0.295 e. The maximum absolute atomic E-state index is 13.2. The Morgan fingerprint density at radius 3 is 1.49 bits per heavy atom. The van der Waals surface area contributed by atoms with Crippen molar-refractivity contribution >= 4 is 10.1 Å². The molecule has 0 spiro atoms. The van der Waals surface area contributed by atoms with Crippen LogP contribution < -0.4 is 9.47 Å². The highest BCUT2D eigenvalue weighted by Gasteiger charge is 2.25. The van der Waals surface area contributed by atoms with E-state index in [0.29, 0.717) is 47.0 Å². The van der Waals surface area contributed by atoms with E-state index in [0.717, 1.165) is 81.1 Å². The molecule has 49 heavy (non-hydrogen) atoms. The van der Waals surface area contributed by atoms with Crippen molar-refractivity contribution in [2.75, 3.05) is 19.8 Å². The molecule has 3 aliphatic rings. The summed E-state index contributed by atoms with van der Waals surface area (Å²) in [5.74, 6) is 1.34. The van der Waals surface area contributed by atoms with E-state index in [1.54, 1.807) is 0 Å². The van der Waals surface area contributed by atoms with E-state index >= 15 is 0 Å². The molecular weight excluding hydrogens is 640 g/mol. The summed E-state index contributed by atoms with van der Waals surface area (Å²) < 4.78 is 66.8. The SMILES string of the molecule is O=S(=O)(O)c1c(-c2ccc(CC3CCCCO3)cc2)cc(-c2ccc(OC3CCCCO3)cc2)cc1-c1ccc(OC2CCCCO2)cc1. The first-order valence-corrected chi connectivity index (χ1v) is 19.0. The van der Waals surface area contributed by atoms with Gasteiger partial charge in [0.25, 0.3) is 10.1 Å². The number of ether oxygens (including phenoxy) is 5. The first kappa shape index (κ1) is 33.8. The van der Waals surface area contributed by atoms with Gasteiger partial charge in [-0.15, -0.1) is 0 Å². The van der Waals surface area contributed by atoms with Crippen LogP contribution >= 0.6 is 0 Å². The standard InChI is InChI=1S/C40H44O8S/c41-49(42,43)40-36(30-12-10-28(11-13-30)25-35-7-1-4-22-44-35)26-32(29-14-18-33(19-15-29)47-38-8-2-5-23-45-38)27-37(40)31-16-20-34(21-17-31)48-39-9-3-6-24-46-39/h10-21,26-27,35,38-39H,1-9,22-25H2,(H,41,42,43). The van der Waals surface area contributed by atoms with E-state index in [1.165, 1.54) is 6.42 Å². The Morgan fingerprint density at radius 1 is 0.571 bits per heavy atom. The van der Waals surface area contributed by atoms with E-state index in [1.807, 2.05) is 84.9 Å². The van der Waals surface area contributed by atoms with E-state index in [2.05, 4.69) is 0 Å². The van der Waals surface area contributed by atoms with Gasteiger partial charge in [0.05, 0.1) is 19.3 Å². The van der Waals surface area contributed by atoms with Gasteiger partial charge in [-0.05, 0) is 116 Å². The minimum absolute atomic E-state index is 0.140. The largest absolute Gasteiger partial charge is 0.465 e. The number of hydrogen-bond donors (Lipinski definition) is 1. The molecular formula is C40H44O8S. The van der Waals surface area contributed by atoms with Gasteiger partial charge in [0.15, 0.2) is 12.6 Å². The molecule has 0 amide bonds. The Morgan fingerprint density at radius 2 is 1.04 bits per heavy atom. The summed E-state index contributed by atoms with van der Waals surface area (Å²) in [5.41, 5.74) is 4.93. The first-order chi connectivity index (χ1) is 23.9. The quantitative estimate of drug-likeness (QED) is 0.165. The monoisotopic (exact) mass is 684 g/mol. The maximum Gasteiger partial charge on any atom is 0.295 e. The predicted molar refractivity (Wildman–Crippen MR) is 188 cm³/mol. The average molecular weight is 685 g/mol. The van der Waals surface area contributed by atoms with Gasteiger partial charge in [0, 0.05) is 30.6 Å². The molecule has 3 saturated heterocycles. The zero-order valence-electron chi connectivity index (χ0n) is 27.7. The maximum atomic E-state index is 13.2. The molecule has 3 heterocycles. The van der Waals surface area contributed by atoms with Crippen molar-refractivity contribution < 1.29 is 36.7 Å². The Balaban J connectivity index is 1.26. The molecule has 258 valence electrons. The lowest BCUT2D eigenvalue weighted by molar-refractivity contribution is -0.106. The highest BCUT2D eigenvalue weighted by molar-refractivity contribution is 7.86. The second-order valence-electron chi connectivity index (χ2n) is 13.1. The molecule has 8 nitrogen and oxygen atoms in total. The third-order valence-corrected chi connectivity index (χ3v) is 10.5. The highest BCUT2D eigenvalue weighted by atomic mass is 32.2. The van der Waals surface area contributed by atoms with Gasteiger partial charge in [-0.2, -0.15) is 8.42 Å². The molecule has 4 aromatic carbocycles. The van der Waals surface area contributed by atoms with Crippen LogP contribution in [0.15, 0.2) is 89.8 Å². The van der Waals surface area contributed by atoms with Crippen LogP contribution in [0.1, 0.15) is 63.4 Å². The van der Waals surface area contributed by atoms with Crippen molar-refractivity contribution in [2.45, 2.75) is 87.8 Å². The Labute approximate surface area is 289 Å². The van der Waals surface area contributed by atoms with Crippen LogP contribution in [0.25, 0.3) is 33.4 Å². The van der Waals surface area contributed by atoms with Crippen LogP contribution in [0.3, 0.4) is 0 Å². The van der Waals surface area contributed by atoms with Gasteiger partial charge in [0.1, 0.15) is 16.4 Å². The number of hydrogen-bond acceptors (Lipinski definition) is 7. The van der Waals surface area contributed by atoms with Crippen molar-refractivity contribution in [3.63, 3.8) is 0 Å². The molecule has 0 aromatic heterocycles. The zero-order chi connectivity index (χ0) is 33.6. The highest BCUT2D eigenvalue weighted by Crippen LogP contribution is 2.41. The fourth-order valence-electron chi connectivity index (χ4n) is 6.90.